The standard InChI is InChI=1S/C27H25N3O5.Na/c1-2-33-27-29-20-7-3-4-8-22(20)30(27)23-9-5-6-19-21(15-35-26(19)23)28-17-10-11-18-16(12-25(31)32)14-34-24(18)13-17;/h3-11,13,16,21,28H,2,12,14-15H2,1H3,(H,31,32);/q;+1/p-1/t16-,21-;/m1./s1. The first-order valence-corrected chi connectivity index (χ1v) is 11.7. The Labute approximate surface area is 230 Å². The van der Waals surface area contributed by atoms with Crippen molar-refractivity contribution in [3.63, 3.8) is 0 Å². The zero-order chi connectivity index (χ0) is 23.9. The summed E-state index contributed by atoms with van der Waals surface area (Å²) in [4.78, 5) is 15.7. The fraction of sp³-hybridized carbons (Fsp3) is 0.259. The smallest absolute Gasteiger partial charge is 0.550 e. The summed E-state index contributed by atoms with van der Waals surface area (Å²) < 4.78 is 19.8. The predicted molar refractivity (Wildman–Crippen MR) is 128 cm³/mol. The van der Waals surface area contributed by atoms with Crippen LogP contribution in [-0.4, -0.2) is 35.3 Å². The number of aromatic nitrogens is 2. The van der Waals surface area contributed by atoms with Gasteiger partial charge in [-0.1, -0.05) is 30.3 Å². The summed E-state index contributed by atoms with van der Waals surface area (Å²) in [5.41, 5.74) is 5.52. The molecule has 2 atom stereocenters. The Bertz CT molecular complexity index is 1440. The van der Waals surface area contributed by atoms with E-state index in [1.165, 1.54) is 0 Å². The molecule has 0 radical (unpaired) electrons. The van der Waals surface area contributed by atoms with E-state index in [-0.39, 0.29) is 47.9 Å². The maximum Gasteiger partial charge on any atom is 1.00 e. The Morgan fingerprint density at radius 3 is 2.81 bits per heavy atom. The van der Waals surface area contributed by atoms with Crippen LogP contribution >= 0.6 is 0 Å². The first-order chi connectivity index (χ1) is 17.1. The summed E-state index contributed by atoms with van der Waals surface area (Å²) in [5, 5.41) is 14.6. The van der Waals surface area contributed by atoms with E-state index in [2.05, 4.69) is 16.4 Å². The summed E-state index contributed by atoms with van der Waals surface area (Å²) >= 11 is 0. The van der Waals surface area contributed by atoms with Crippen LogP contribution in [0.1, 0.15) is 36.4 Å². The number of para-hydroxylation sites is 3. The number of benzene rings is 3. The van der Waals surface area contributed by atoms with Gasteiger partial charge in [-0.2, -0.15) is 4.98 Å². The Balaban J connectivity index is 0.00000267. The SMILES string of the molecule is CCOc1nc2ccccc2n1-c1cccc2c1OC[C@H]2Nc1ccc2c(c1)OC[C@H]2CC(=O)[O-].[Na+]. The summed E-state index contributed by atoms with van der Waals surface area (Å²) in [6.07, 6.45) is -0.0426. The van der Waals surface area contributed by atoms with Gasteiger partial charge in [0.1, 0.15) is 18.1 Å². The molecule has 0 saturated carbocycles. The second-order valence-electron chi connectivity index (χ2n) is 8.69. The third-order valence-electron chi connectivity index (χ3n) is 6.49. The van der Waals surface area contributed by atoms with E-state index in [0.717, 1.165) is 39.3 Å². The van der Waals surface area contributed by atoms with Gasteiger partial charge in [-0.05, 0) is 37.6 Å². The maximum atomic E-state index is 11.0. The average Bonchev–Trinajstić information content (AvgIpc) is 3.54. The third-order valence-corrected chi connectivity index (χ3v) is 6.49. The largest absolute Gasteiger partial charge is 1.00 e. The molecule has 0 amide bonds. The molecule has 0 spiro atoms. The molecule has 2 aliphatic heterocycles. The number of carbonyl (C=O) groups excluding carboxylic acids is 1. The number of hydrogen-bond acceptors (Lipinski definition) is 7. The van der Waals surface area contributed by atoms with Crippen molar-refractivity contribution in [2.45, 2.75) is 25.3 Å². The number of nitrogens with zero attached hydrogens (tertiary/aromatic N) is 2. The molecule has 36 heavy (non-hydrogen) atoms. The molecule has 178 valence electrons. The summed E-state index contributed by atoms with van der Waals surface area (Å²) in [5.74, 6) is 0.259. The number of fused-ring (bicyclic) bond motifs is 3. The monoisotopic (exact) mass is 493 g/mol. The van der Waals surface area contributed by atoms with Crippen molar-refractivity contribution < 1.29 is 53.7 Å². The van der Waals surface area contributed by atoms with Crippen LogP contribution in [0.3, 0.4) is 0 Å². The van der Waals surface area contributed by atoms with Crippen LogP contribution in [0.5, 0.6) is 17.5 Å². The number of carbonyl (C=O) groups is 1. The van der Waals surface area contributed by atoms with Crippen LogP contribution in [0.4, 0.5) is 5.69 Å². The van der Waals surface area contributed by atoms with E-state index in [1.807, 2.05) is 66.1 Å². The van der Waals surface area contributed by atoms with Crippen LogP contribution < -0.4 is 54.2 Å². The Kier molecular flexibility index (Phi) is 6.83. The molecule has 1 aromatic heterocycles. The summed E-state index contributed by atoms with van der Waals surface area (Å²) in [7, 11) is 0. The van der Waals surface area contributed by atoms with Crippen LogP contribution in [0.2, 0.25) is 0 Å². The van der Waals surface area contributed by atoms with Gasteiger partial charge in [-0.15, -0.1) is 0 Å². The molecule has 4 aromatic rings. The van der Waals surface area contributed by atoms with Gasteiger partial charge in [0.25, 0.3) is 0 Å². The van der Waals surface area contributed by atoms with Gasteiger partial charge in [0.2, 0.25) is 0 Å². The van der Waals surface area contributed by atoms with Crippen LogP contribution in [0.25, 0.3) is 16.7 Å². The molecule has 6 rings (SSSR count). The van der Waals surface area contributed by atoms with Gasteiger partial charge in [0.05, 0.1) is 36.0 Å². The van der Waals surface area contributed by atoms with Gasteiger partial charge >= 0.3 is 35.6 Å². The number of hydrogen-bond donors (Lipinski definition) is 1. The molecule has 3 aromatic carbocycles. The van der Waals surface area contributed by atoms with Crippen LogP contribution in [0, 0.1) is 0 Å². The molecule has 0 saturated heterocycles. The van der Waals surface area contributed by atoms with Crippen molar-refractivity contribution >= 4 is 22.7 Å². The van der Waals surface area contributed by atoms with Gasteiger partial charge in [0.15, 0.2) is 0 Å². The first-order valence-electron chi connectivity index (χ1n) is 11.7. The molecule has 0 aliphatic carbocycles. The van der Waals surface area contributed by atoms with Crippen molar-refractivity contribution in [1.82, 2.24) is 9.55 Å². The molecule has 0 fully saturated rings. The number of carboxylic acid groups (broad SMARTS) is 1. The molecule has 3 heterocycles. The molecule has 9 heteroatoms. The zero-order valence-electron chi connectivity index (χ0n) is 20.2. The van der Waals surface area contributed by atoms with Crippen LogP contribution in [-0.2, 0) is 4.79 Å². The number of nitrogens with one attached hydrogen (secondary N) is 1. The third kappa shape index (κ3) is 4.30. The van der Waals surface area contributed by atoms with Crippen molar-refractivity contribution in [3.8, 4) is 23.2 Å². The first kappa shape index (κ1) is 24.5. The predicted octanol–water partition coefficient (Wildman–Crippen LogP) is 0.590. The minimum atomic E-state index is -1.07. The van der Waals surface area contributed by atoms with Crippen molar-refractivity contribution in [1.29, 1.82) is 0 Å². The van der Waals surface area contributed by atoms with E-state index >= 15 is 0 Å². The van der Waals surface area contributed by atoms with Gasteiger partial charge < -0.3 is 29.4 Å². The minimum Gasteiger partial charge on any atom is -0.550 e. The zero-order valence-corrected chi connectivity index (χ0v) is 22.2. The van der Waals surface area contributed by atoms with E-state index in [4.69, 9.17) is 14.2 Å². The van der Waals surface area contributed by atoms with E-state index in [1.54, 1.807) is 0 Å². The normalized spacial score (nSPS) is 17.5. The Morgan fingerprint density at radius 2 is 1.97 bits per heavy atom. The second kappa shape index (κ2) is 10.0. The Morgan fingerprint density at radius 1 is 1.11 bits per heavy atom. The minimum absolute atomic E-state index is 0. The number of rotatable bonds is 7. The fourth-order valence-electron chi connectivity index (χ4n) is 4.93. The fourth-order valence-corrected chi connectivity index (χ4v) is 4.93. The number of carboxylic acids is 1. The molecule has 8 nitrogen and oxygen atoms in total. The van der Waals surface area contributed by atoms with E-state index < -0.39 is 5.97 Å². The summed E-state index contributed by atoms with van der Waals surface area (Å²) in [6.45, 7) is 3.27. The second-order valence-corrected chi connectivity index (χ2v) is 8.69. The molecular formula is C27H24N3NaO5. The average molecular weight is 493 g/mol. The van der Waals surface area contributed by atoms with E-state index in [9.17, 15) is 9.90 Å². The number of imidazole rings is 1. The molecule has 1 N–H and O–H groups in total. The number of anilines is 1. The number of aliphatic carboxylic acids is 1. The van der Waals surface area contributed by atoms with Gasteiger partial charge in [0, 0.05) is 34.8 Å². The molecule has 2 aliphatic rings. The Hall–Kier alpha value is -3.20. The van der Waals surface area contributed by atoms with Gasteiger partial charge in [-0.3, -0.25) is 4.57 Å². The topological polar surface area (TPSA) is 97.7 Å². The van der Waals surface area contributed by atoms with Gasteiger partial charge in [-0.25, -0.2) is 0 Å². The van der Waals surface area contributed by atoms with Crippen LogP contribution in [0.15, 0.2) is 60.7 Å². The van der Waals surface area contributed by atoms with E-state index in [0.29, 0.717) is 31.6 Å². The van der Waals surface area contributed by atoms with Crippen molar-refractivity contribution in [2.75, 3.05) is 25.1 Å². The molecule has 0 unspecified atom stereocenters. The quantitative estimate of drug-likeness (QED) is 0.377. The van der Waals surface area contributed by atoms with Crippen molar-refractivity contribution in [2.24, 2.45) is 0 Å². The summed E-state index contributed by atoms with van der Waals surface area (Å²) in [6, 6.07) is 20.3. The maximum absolute atomic E-state index is 11.0. The number of ether oxygens (including phenoxy) is 3. The van der Waals surface area contributed by atoms with Crippen molar-refractivity contribution in [3.05, 3.63) is 71.8 Å². The molecule has 0 bridgehead atoms. The molecular weight excluding hydrogens is 469 g/mol.